The minimum Gasteiger partial charge on any atom is -0.480 e. The van der Waals surface area contributed by atoms with E-state index in [1.807, 2.05) is 0 Å². The quantitative estimate of drug-likeness (QED) is 0.886. The summed E-state index contributed by atoms with van der Waals surface area (Å²) in [5.41, 5.74) is 0. The van der Waals surface area contributed by atoms with Gasteiger partial charge < -0.3 is 10.0 Å². The van der Waals surface area contributed by atoms with Gasteiger partial charge >= 0.3 is 5.97 Å². The van der Waals surface area contributed by atoms with Crippen LogP contribution < -0.4 is 0 Å². The van der Waals surface area contributed by atoms with Crippen LogP contribution in [0.25, 0.3) is 0 Å². The van der Waals surface area contributed by atoms with Crippen molar-refractivity contribution in [1.29, 1.82) is 0 Å². The molecule has 0 aliphatic carbocycles. The first-order valence-corrected chi connectivity index (χ1v) is 6.16. The van der Waals surface area contributed by atoms with Gasteiger partial charge in [0.25, 0.3) is 0 Å². The van der Waals surface area contributed by atoms with Crippen molar-refractivity contribution in [1.82, 2.24) is 14.7 Å². The van der Waals surface area contributed by atoms with Gasteiger partial charge in [0.1, 0.15) is 6.04 Å². The van der Waals surface area contributed by atoms with Gasteiger partial charge in [0.15, 0.2) is 0 Å². The maximum absolute atomic E-state index is 11.9. The number of aliphatic carboxylic acids is 1. The van der Waals surface area contributed by atoms with Crippen LogP contribution in [-0.4, -0.2) is 44.3 Å². The summed E-state index contributed by atoms with van der Waals surface area (Å²) in [7, 11) is 0. The Hall–Kier alpha value is -1.56. The highest BCUT2D eigenvalue weighted by Gasteiger charge is 2.33. The third-order valence-corrected chi connectivity index (χ3v) is 3.21. The van der Waals surface area contributed by atoms with Crippen LogP contribution in [0, 0.1) is 0 Å². The zero-order valence-corrected chi connectivity index (χ0v) is 10.5. The molecule has 1 amide bonds. The van der Waals surface area contributed by atoms with E-state index in [-0.39, 0.29) is 12.3 Å². The summed E-state index contributed by atoms with van der Waals surface area (Å²) in [5, 5.41) is 13.5. The van der Waals surface area contributed by atoms with Crippen LogP contribution in [0.15, 0.2) is 12.4 Å². The van der Waals surface area contributed by atoms with Gasteiger partial charge in [-0.3, -0.25) is 9.48 Å². The highest BCUT2D eigenvalue weighted by molar-refractivity contribution is 6.30. The minimum atomic E-state index is -0.928. The maximum Gasteiger partial charge on any atom is 0.326 e. The summed E-state index contributed by atoms with van der Waals surface area (Å²) in [4.78, 5) is 24.3. The van der Waals surface area contributed by atoms with Gasteiger partial charge in [-0.05, 0) is 12.8 Å². The summed E-state index contributed by atoms with van der Waals surface area (Å²) in [6.07, 6.45) is 4.65. The van der Waals surface area contributed by atoms with Gasteiger partial charge in [0.2, 0.25) is 5.91 Å². The van der Waals surface area contributed by atoms with Crippen LogP contribution in [0.1, 0.15) is 19.3 Å². The van der Waals surface area contributed by atoms with E-state index in [2.05, 4.69) is 5.10 Å². The first-order chi connectivity index (χ1) is 8.58. The lowest BCUT2D eigenvalue weighted by Crippen LogP contribution is -2.40. The van der Waals surface area contributed by atoms with E-state index < -0.39 is 12.0 Å². The maximum atomic E-state index is 11.9. The lowest BCUT2D eigenvalue weighted by molar-refractivity contribution is -0.148. The Labute approximate surface area is 109 Å². The Morgan fingerprint density at radius 3 is 2.94 bits per heavy atom. The lowest BCUT2D eigenvalue weighted by atomic mass is 10.2. The van der Waals surface area contributed by atoms with Crippen molar-refractivity contribution in [2.75, 3.05) is 6.54 Å². The number of carboxylic acid groups (broad SMARTS) is 1. The van der Waals surface area contributed by atoms with Crippen LogP contribution in [-0.2, 0) is 16.1 Å². The number of hydrogen-bond acceptors (Lipinski definition) is 3. The Bertz CT molecular complexity index is 460. The van der Waals surface area contributed by atoms with Crippen LogP contribution in [0.2, 0.25) is 5.02 Å². The highest BCUT2D eigenvalue weighted by Crippen LogP contribution is 2.18. The summed E-state index contributed by atoms with van der Waals surface area (Å²) < 4.78 is 1.58. The van der Waals surface area contributed by atoms with Crippen molar-refractivity contribution in [3.63, 3.8) is 0 Å². The van der Waals surface area contributed by atoms with Crippen LogP contribution >= 0.6 is 11.6 Å². The number of rotatable bonds is 4. The first kappa shape index (κ1) is 12.9. The van der Waals surface area contributed by atoms with Crippen molar-refractivity contribution in [2.45, 2.75) is 31.8 Å². The fourth-order valence-electron chi connectivity index (χ4n) is 2.14. The lowest BCUT2D eigenvalue weighted by Gasteiger charge is -2.21. The molecule has 98 valence electrons. The average molecular weight is 272 g/mol. The van der Waals surface area contributed by atoms with Crippen molar-refractivity contribution >= 4 is 23.5 Å². The molecule has 2 heterocycles. The van der Waals surface area contributed by atoms with Gasteiger partial charge in [-0.15, -0.1) is 0 Å². The Morgan fingerprint density at radius 1 is 1.56 bits per heavy atom. The molecular formula is C11H14ClN3O3. The molecule has 0 saturated carbocycles. The molecular weight excluding hydrogens is 258 g/mol. The standard InChI is InChI=1S/C11H14ClN3O3/c12-8-6-13-14(7-8)5-3-10(16)15-4-1-2-9(15)11(17)18/h6-7,9H,1-5H2,(H,17,18). The van der Waals surface area contributed by atoms with Crippen molar-refractivity contribution in [3.8, 4) is 0 Å². The minimum absolute atomic E-state index is 0.147. The van der Waals surface area contributed by atoms with E-state index in [9.17, 15) is 9.59 Å². The Balaban J connectivity index is 1.89. The predicted molar refractivity (Wildman–Crippen MR) is 64.2 cm³/mol. The smallest absolute Gasteiger partial charge is 0.326 e. The largest absolute Gasteiger partial charge is 0.480 e. The van der Waals surface area contributed by atoms with Crippen molar-refractivity contribution < 1.29 is 14.7 Å². The number of halogens is 1. The van der Waals surface area contributed by atoms with Gasteiger partial charge in [0.05, 0.1) is 11.2 Å². The molecule has 1 fully saturated rings. The van der Waals surface area contributed by atoms with E-state index >= 15 is 0 Å². The molecule has 1 N–H and O–H groups in total. The van der Waals surface area contributed by atoms with Crippen LogP contribution in [0.3, 0.4) is 0 Å². The third kappa shape index (κ3) is 2.81. The SMILES string of the molecule is O=C(O)C1CCCN1C(=O)CCn1cc(Cl)cn1. The first-order valence-electron chi connectivity index (χ1n) is 5.78. The number of likely N-dealkylation sites (tertiary alicyclic amines) is 1. The fourth-order valence-corrected chi connectivity index (χ4v) is 2.29. The predicted octanol–water partition coefficient (Wildman–Crippen LogP) is 1.00. The van der Waals surface area contributed by atoms with E-state index in [0.717, 1.165) is 6.42 Å². The molecule has 7 heteroatoms. The van der Waals surface area contributed by atoms with E-state index in [4.69, 9.17) is 16.7 Å². The average Bonchev–Trinajstić information content (AvgIpc) is 2.94. The molecule has 1 aromatic rings. The second-order valence-electron chi connectivity index (χ2n) is 4.26. The van der Waals surface area contributed by atoms with Gasteiger partial charge in [-0.1, -0.05) is 11.6 Å². The van der Waals surface area contributed by atoms with Gasteiger partial charge in [0, 0.05) is 25.7 Å². The molecule has 0 aromatic carbocycles. The number of hydrogen-bond donors (Lipinski definition) is 1. The molecule has 18 heavy (non-hydrogen) atoms. The number of carboxylic acids is 1. The Kier molecular flexibility index (Phi) is 3.86. The monoisotopic (exact) mass is 271 g/mol. The Morgan fingerprint density at radius 2 is 2.33 bits per heavy atom. The molecule has 0 radical (unpaired) electrons. The zero-order valence-electron chi connectivity index (χ0n) is 9.75. The molecule has 1 unspecified atom stereocenters. The summed E-state index contributed by atoms with van der Waals surface area (Å²) in [6.45, 7) is 0.935. The third-order valence-electron chi connectivity index (χ3n) is 3.01. The molecule has 1 aliphatic heterocycles. The van der Waals surface area contributed by atoms with Crippen molar-refractivity contribution in [2.24, 2.45) is 0 Å². The second kappa shape index (κ2) is 5.39. The van der Waals surface area contributed by atoms with Crippen LogP contribution in [0.5, 0.6) is 0 Å². The van der Waals surface area contributed by atoms with Crippen LogP contribution in [0.4, 0.5) is 0 Å². The number of carbonyl (C=O) groups is 2. The molecule has 2 rings (SSSR count). The number of aromatic nitrogens is 2. The summed E-state index contributed by atoms with van der Waals surface area (Å²) in [5.74, 6) is -1.07. The number of carbonyl (C=O) groups excluding carboxylic acids is 1. The second-order valence-corrected chi connectivity index (χ2v) is 4.69. The molecule has 6 nitrogen and oxygen atoms in total. The fraction of sp³-hybridized carbons (Fsp3) is 0.545. The van der Waals surface area contributed by atoms with Gasteiger partial charge in [-0.2, -0.15) is 5.10 Å². The van der Waals surface area contributed by atoms with Gasteiger partial charge in [-0.25, -0.2) is 4.79 Å². The molecule has 0 spiro atoms. The van der Waals surface area contributed by atoms with Crippen molar-refractivity contribution in [3.05, 3.63) is 17.4 Å². The van der Waals surface area contributed by atoms with E-state index in [1.165, 1.54) is 11.1 Å². The van der Waals surface area contributed by atoms with E-state index in [0.29, 0.717) is 24.5 Å². The number of aryl methyl sites for hydroxylation is 1. The highest BCUT2D eigenvalue weighted by atomic mass is 35.5. The topological polar surface area (TPSA) is 75.4 Å². The number of amides is 1. The van der Waals surface area contributed by atoms with E-state index in [1.54, 1.807) is 10.9 Å². The molecule has 1 aromatic heterocycles. The summed E-state index contributed by atoms with van der Waals surface area (Å²) in [6, 6.07) is -0.668. The molecule has 1 atom stereocenters. The zero-order chi connectivity index (χ0) is 13.1. The normalized spacial score (nSPS) is 19.2. The number of nitrogens with zero attached hydrogens (tertiary/aromatic N) is 3. The molecule has 0 bridgehead atoms. The summed E-state index contributed by atoms with van der Waals surface area (Å²) >= 11 is 5.71. The molecule has 1 saturated heterocycles. The molecule has 1 aliphatic rings.